The van der Waals surface area contributed by atoms with Crippen LogP contribution in [0.1, 0.15) is 18.1 Å². The quantitative estimate of drug-likeness (QED) is 0.856. The van der Waals surface area contributed by atoms with Crippen molar-refractivity contribution in [3.05, 3.63) is 40.4 Å². The molecule has 1 aliphatic rings. The minimum Gasteiger partial charge on any atom is -0.481 e. The second-order valence-corrected chi connectivity index (χ2v) is 4.63. The van der Waals surface area contributed by atoms with E-state index in [4.69, 9.17) is 16.7 Å². The van der Waals surface area contributed by atoms with Crippen LogP contribution in [0.5, 0.6) is 0 Å². The number of hydrogen-bond donors (Lipinski definition) is 1. The predicted octanol–water partition coefficient (Wildman–Crippen LogP) is 3.25. The Morgan fingerprint density at radius 3 is 3.00 bits per heavy atom. The van der Waals surface area contributed by atoms with Gasteiger partial charge in [-0.1, -0.05) is 36.7 Å². The predicted molar refractivity (Wildman–Crippen MR) is 64.5 cm³/mol. The van der Waals surface area contributed by atoms with Crippen LogP contribution in [0.3, 0.4) is 0 Å². The first-order chi connectivity index (χ1) is 7.58. The molecule has 1 aliphatic carbocycles. The molecule has 0 saturated heterocycles. The molecule has 0 bridgehead atoms. The number of carboxylic acid groups (broad SMARTS) is 1. The van der Waals surface area contributed by atoms with Gasteiger partial charge in [-0.3, -0.25) is 4.79 Å². The Morgan fingerprint density at radius 1 is 1.56 bits per heavy atom. The van der Waals surface area contributed by atoms with Gasteiger partial charge in [0.15, 0.2) is 0 Å². The van der Waals surface area contributed by atoms with Crippen molar-refractivity contribution in [3.8, 4) is 0 Å². The van der Waals surface area contributed by atoms with E-state index in [-0.39, 0.29) is 11.8 Å². The second kappa shape index (κ2) is 4.30. The van der Waals surface area contributed by atoms with Gasteiger partial charge in [0.05, 0.1) is 5.92 Å². The van der Waals surface area contributed by atoms with Crippen molar-refractivity contribution in [2.45, 2.75) is 13.3 Å². The van der Waals surface area contributed by atoms with Gasteiger partial charge in [0.1, 0.15) is 0 Å². The van der Waals surface area contributed by atoms with Gasteiger partial charge in [0.25, 0.3) is 0 Å². The van der Waals surface area contributed by atoms with Crippen molar-refractivity contribution < 1.29 is 9.90 Å². The Morgan fingerprint density at radius 2 is 2.31 bits per heavy atom. The highest BCUT2D eigenvalue weighted by atomic mass is 35.5. The molecule has 0 radical (unpaired) electrons. The van der Waals surface area contributed by atoms with Gasteiger partial charge in [0, 0.05) is 5.02 Å². The first-order valence-electron chi connectivity index (χ1n) is 5.27. The molecule has 1 aromatic rings. The van der Waals surface area contributed by atoms with Crippen LogP contribution >= 0.6 is 11.6 Å². The van der Waals surface area contributed by atoms with E-state index < -0.39 is 5.97 Å². The molecule has 2 rings (SSSR count). The number of halogens is 1. The summed E-state index contributed by atoms with van der Waals surface area (Å²) in [6.07, 6.45) is 4.71. The SMILES string of the molecule is CC(C(=O)O)C1C=Cc2cc(Cl)ccc2C1. The molecular weight excluding hydrogens is 224 g/mol. The molecule has 84 valence electrons. The Kier molecular flexibility index (Phi) is 3.01. The molecule has 2 nitrogen and oxygen atoms in total. The normalized spacial score (nSPS) is 20.2. The van der Waals surface area contributed by atoms with Crippen LogP contribution in [-0.2, 0) is 11.2 Å². The van der Waals surface area contributed by atoms with E-state index in [2.05, 4.69) is 0 Å². The highest BCUT2D eigenvalue weighted by Gasteiger charge is 2.24. The third kappa shape index (κ3) is 2.12. The van der Waals surface area contributed by atoms with E-state index in [9.17, 15) is 4.79 Å². The summed E-state index contributed by atoms with van der Waals surface area (Å²) in [6, 6.07) is 5.74. The van der Waals surface area contributed by atoms with Crippen LogP contribution in [-0.4, -0.2) is 11.1 Å². The van der Waals surface area contributed by atoms with Gasteiger partial charge in [-0.05, 0) is 35.6 Å². The van der Waals surface area contributed by atoms with Crippen molar-refractivity contribution in [2.24, 2.45) is 11.8 Å². The molecule has 3 heteroatoms. The zero-order valence-electron chi connectivity index (χ0n) is 8.98. The zero-order chi connectivity index (χ0) is 11.7. The second-order valence-electron chi connectivity index (χ2n) is 4.20. The van der Waals surface area contributed by atoms with Crippen LogP contribution in [0.25, 0.3) is 6.08 Å². The molecule has 0 saturated carbocycles. The van der Waals surface area contributed by atoms with E-state index >= 15 is 0 Å². The highest BCUT2D eigenvalue weighted by Crippen LogP contribution is 2.29. The lowest BCUT2D eigenvalue weighted by Crippen LogP contribution is -2.22. The summed E-state index contributed by atoms with van der Waals surface area (Å²) in [5, 5.41) is 9.69. The third-order valence-corrected chi connectivity index (χ3v) is 3.35. The van der Waals surface area contributed by atoms with E-state index in [1.54, 1.807) is 6.92 Å². The fourth-order valence-corrected chi connectivity index (χ4v) is 2.16. The van der Waals surface area contributed by atoms with Gasteiger partial charge in [0.2, 0.25) is 0 Å². The largest absolute Gasteiger partial charge is 0.481 e. The number of allylic oxidation sites excluding steroid dienone is 1. The Bertz CT molecular complexity index is 451. The monoisotopic (exact) mass is 236 g/mol. The molecule has 0 spiro atoms. The first-order valence-corrected chi connectivity index (χ1v) is 5.65. The molecule has 2 atom stereocenters. The maximum atomic E-state index is 10.9. The highest BCUT2D eigenvalue weighted by molar-refractivity contribution is 6.30. The standard InChI is InChI=1S/C13H13ClO2/c1-8(13(15)16)9-2-3-11-7-12(14)5-4-10(11)6-9/h2-5,7-9H,6H2,1H3,(H,15,16). The summed E-state index contributed by atoms with van der Waals surface area (Å²) in [4.78, 5) is 10.9. The fraction of sp³-hybridized carbons (Fsp3) is 0.308. The smallest absolute Gasteiger partial charge is 0.306 e. The van der Waals surface area contributed by atoms with Crippen molar-refractivity contribution in [2.75, 3.05) is 0 Å². The molecule has 0 heterocycles. The Labute approximate surface area is 99.5 Å². The minimum absolute atomic E-state index is 0.0752. The topological polar surface area (TPSA) is 37.3 Å². The Hall–Kier alpha value is -1.28. The van der Waals surface area contributed by atoms with Crippen molar-refractivity contribution >= 4 is 23.6 Å². The number of rotatable bonds is 2. The Balaban J connectivity index is 2.25. The molecule has 1 aromatic carbocycles. The van der Waals surface area contributed by atoms with Crippen LogP contribution in [0.2, 0.25) is 5.02 Å². The summed E-state index contributed by atoms with van der Waals surface area (Å²) in [5.41, 5.74) is 2.27. The number of carboxylic acids is 1. The average molecular weight is 237 g/mol. The summed E-state index contributed by atoms with van der Waals surface area (Å²) >= 11 is 5.90. The number of hydrogen-bond acceptors (Lipinski definition) is 1. The van der Waals surface area contributed by atoms with Gasteiger partial charge < -0.3 is 5.11 Å². The van der Waals surface area contributed by atoms with Crippen molar-refractivity contribution in [3.63, 3.8) is 0 Å². The van der Waals surface area contributed by atoms with Crippen LogP contribution in [0.4, 0.5) is 0 Å². The average Bonchev–Trinajstić information content (AvgIpc) is 2.27. The zero-order valence-corrected chi connectivity index (χ0v) is 9.74. The molecule has 0 fully saturated rings. The molecule has 1 N–H and O–H groups in total. The van der Waals surface area contributed by atoms with Crippen molar-refractivity contribution in [1.29, 1.82) is 0 Å². The number of aliphatic carboxylic acids is 1. The molecule has 0 amide bonds. The summed E-state index contributed by atoms with van der Waals surface area (Å²) in [7, 11) is 0. The van der Waals surface area contributed by atoms with Crippen molar-refractivity contribution in [1.82, 2.24) is 0 Å². The van der Waals surface area contributed by atoms with Gasteiger partial charge >= 0.3 is 5.97 Å². The minimum atomic E-state index is -0.743. The first kappa shape index (κ1) is 11.2. The van der Waals surface area contributed by atoms with E-state index in [1.807, 2.05) is 30.4 Å². The summed E-state index contributed by atoms with van der Waals surface area (Å²) in [5.74, 6) is -1.02. The molecule has 0 aliphatic heterocycles. The lowest BCUT2D eigenvalue weighted by atomic mass is 9.82. The number of carbonyl (C=O) groups is 1. The molecule has 16 heavy (non-hydrogen) atoms. The van der Waals surface area contributed by atoms with Gasteiger partial charge in [-0.25, -0.2) is 0 Å². The van der Waals surface area contributed by atoms with E-state index in [1.165, 1.54) is 5.56 Å². The lowest BCUT2D eigenvalue weighted by Gasteiger charge is -2.22. The third-order valence-electron chi connectivity index (χ3n) is 3.12. The fourth-order valence-electron chi connectivity index (χ4n) is 1.98. The van der Waals surface area contributed by atoms with Crippen LogP contribution < -0.4 is 0 Å². The summed E-state index contributed by atoms with van der Waals surface area (Å²) < 4.78 is 0. The van der Waals surface area contributed by atoms with Crippen LogP contribution in [0, 0.1) is 11.8 Å². The maximum absolute atomic E-state index is 10.9. The lowest BCUT2D eigenvalue weighted by molar-refractivity contribution is -0.142. The number of fused-ring (bicyclic) bond motifs is 1. The van der Waals surface area contributed by atoms with Gasteiger partial charge in [-0.2, -0.15) is 0 Å². The van der Waals surface area contributed by atoms with E-state index in [0.29, 0.717) is 5.02 Å². The molecule has 0 aromatic heterocycles. The van der Waals surface area contributed by atoms with E-state index in [0.717, 1.165) is 12.0 Å². The summed E-state index contributed by atoms with van der Waals surface area (Å²) in [6.45, 7) is 1.75. The van der Waals surface area contributed by atoms with Crippen LogP contribution in [0.15, 0.2) is 24.3 Å². The maximum Gasteiger partial charge on any atom is 0.306 e. The number of benzene rings is 1. The molecular formula is C13H13ClO2. The van der Waals surface area contributed by atoms with Gasteiger partial charge in [-0.15, -0.1) is 0 Å². The molecule has 2 unspecified atom stereocenters.